The first-order chi connectivity index (χ1) is 13.6. The molecular weight excluding hydrogens is 430 g/mol. The second-order valence-corrected chi connectivity index (χ2v) is 9.55. The zero-order valence-corrected chi connectivity index (χ0v) is 17.7. The number of aryl methyl sites for hydroxylation is 1. The van der Waals surface area contributed by atoms with Crippen molar-refractivity contribution in [3.05, 3.63) is 17.8 Å². The van der Waals surface area contributed by atoms with Gasteiger partial charge in [0, 0.05) is 35.3 Å². The Bertz CT molecular complexity index is 797. The number of alkyl carbamates (subject to hydrolysis) is 1. The molecule has 1 amide bonds. The minimum absolute atomic E-state index is 0.0336. The van der Waals surface area contributed by atoms with Crippen LogP contribution in [0.1, 0.15) is 50.6 Å². The standard InChI is InChI=1S/C18H25ClF2N2O5S/c1-13-5-6-15(29(19,25)26)16(22-13)27-11-3-2-4-12-28-17(24)23-14-7-9-18(20,21)10-8-14/h5-6,14H,2-4,7-12H2,1H3,(H,23,24). The summed E-state index contributed by atoms with van der Waals surface area (Å²) in [6.07, 6.45) is 1.30. The molecule has 1 heterocycles. The zero-order valence-electron chi connectivity index (χ0n) is 16.1. The Hall–Kier alpha value is -1.68. The average molecular weight is 455 g/mol. The number of carbonyl (C=O) groups is 1. The van der Waals surface area contributed by atoms with Gasteiger partial charge in [0.15, 0.2) is 0 Å². The third kappa shape index (κ3) is 8.30. The van der Waals surface area contributed by atoms with E-state index < -0.39 is 21.1 Å². The van der Waals surface area contributed by atoms with Crippen LogP contribution in [0.15, 0.2) is 17.0 Å². The van der Waals surface area contributed by atoms with E-state index in [1.54, 1.807) is 6.92 Å². The van der Waals surface area contributed by atoms with Crippen molar-refractivity contribution in [1.29, 1.82) is 0 Å². The van der Waals surface area contributed by atoms with Gasteiger partial charge in [0.1, 0.15) is 4.90 Å². The highest BCUT2D eigenvalue weighted by Crippen LogP contribution is 2.33. The maximum Gasteiger partial charge on any atom is 0.407 e. The molecule has 0 bridgehead atoms. The van der Waals surface area contributed by atoms with Gasteiger partial charge in [-0.1, -0.05) is 0 Å². The van der Waals surface area contributed by atoms with E-state index in [1.807, 2.05) is 0 Å². The van der Waals surface area contributed by atoms with Crippen LogP contribution in [0.3, 0.4) is 0 Å². The molecule has 1 fully saturated rings. The summed E-state index contributed by atoms with van der Waals surface area (Å²) < 4.78 is 59.7. The number of unbranched alkanes of at least 4 members (excludes halogenated alkanes) is 2. The predicted octanol–water partition coefficient (Wildman–Crippen LogP) is 4.17. The number of carbonyl (C=O) groups excluding carboxylic acids is 1. The Morgan fingerprint density at radius 1 is 1.24 bits per heavy atom. The quantitative estimate of drug-likeness (QED) is 0.444. The van der Waals surface area contributed by atoms with Gasteiger partial charge >= 0.3 is 6.09 Å². The van der Waals surface area contributed by atoms with Crippen LogP contribution < -0.4 is 10.1 Å². The molecule has 0 saturated heterocycles. The summed E-state index contributed by atoms with van der Waals surface area (Å²) in [6, 6.07) is 2.60. The van der Waals surface area contributed by atoms with Crippen molar-refractivity contribution in [3.8, 4) is 5.88 Å². The number of alkyl halides is 2. The topological polar surface area (TPSA) is 94.6 Å². The number of hydrogen-bond acceptors (Lipinski definition) is 6. The molecule has 1 aromatic heterocycles. The molecule has 29 heavy (non-hydrogen) atoms. The Morgan fingerprint density at radius 3 is 2.55 bits per heavy atom. The summed E-state index contributed by atoms with van der Waals surface area (Å²) >= 11 is 0. The fourth-order valence-electron chi connectivity index (χ4n) is 2.92. The van der Waals surface area contributed by atoms with Crippen molar-refractivity contribution in [2.45, 2.75) is 68.7 Å². The second-order valence-electron chi connectivity index (χ2n) is 7.01. The van der Waals surface area contributed by atoms with Crippen LogP contribution in [0.2, 0.25) is 0 Å². The lowest BCUT2D eigenvalue weighted by molar-refractivity contribution is -0.0403. The third-order valence-corrected chi connectivity index (χ3v) is 5.86. The first kappa shape index (κ1) is 23.6. The van der Waals surface area contributed by atoms with Crippen LogP contribution in [-0.2, 0) is 13.8 Å². The molecular formula is C18H25ClF2N2O5S. The number of amides is 1. The summed E-state index contributed by atoms with van der Waals surface area (Å²) in [6.45, 7) is 2.13. The summed E-state index contributed by atoms with van der Waals surface area (Å²) in [5.41, 5.74) is 0.602. The number of aromatic nitrogens is 1. The maximum absolute atomic E-state index is 13.1. The van der Waals surface area contributed by atoms with Gasteiger partial charge in [-0.15, -0.1) is 0 Å². The number of rotatable bonds is 9. The third-order valence-electron chi connectivity index (χ3n) is 4.53. The number of ether oxygens (including phenoxy) is 2. The molecule has 1 aromatic rings. The van der Waals surface area contributed by atoms with Gasteiger partial charge in [0.2, 0.25) is 11.8 Å². The van der Waals surface area contributed by atoms with Crippen LogP contribution in [0.25, 0.3) is 0 Å². The van der Waals surface area contributed by atoms with Gasteiger partial charge < -0.3 is 14.8 Å². The van der Waals surface area contributed by atoms with Crippen molar-refractivity contribution < 1.29 is 31.5 Å². The highest BCUT2D eigenvalue weighted by atomic mass is 35.7. The van der Waals surface area contributed by atoms with Crippen LogP contribution in [0.5, 0.6) is 5.88 Å². The molecule has 0 spiro atoms. The van der Waals surface area contributed by atoms with Gasteiger partial charge in [-0.3, -0.25) is 0 Å². The van der Waals surface area contributed by atoms with Gasteiger partial charge in [0.05, 0.1) is 13.2 Å². The first-order valence-corrected chi connectivity index (χ1v) is 11.7. The molecule has 11 heteroatoms. The van der Waals surface area contributed by atoms with Crippen molar-refractivity contribution in [1.82, 2.24) is 10.3 Å². The highest BCUT2D eigenvalue weighted by molar-refractivity contribution is 8.13. The van der Waals surface area contributed by atoms with E-state index >= 15 is 0 Å². The monoisotopic (exact) mass is 454 g/mol. The lowest BCUT2D eigenvalue weighted by atomic mass is 9.92. The summed E-state index contributed by atoms with van der Waals surface area (Å²) in [7, 11) is 1.42. The molecule has 0 unspecified atom stereocenters. The van der Waals surface area contributed by atoms with Crippen LogP contribution in [0, 0.1) is 6.92 Å². The molecule has 0 radical (unpaired) electrons. The lowest BCUT2D eigenvalue weighted by Crippen LogP contribution is -2.40. The molecule has 0 aromatic carbocycles. The normalized spacial score (nSPS) is 17.0. The number of nitrogens with one attached hydrogen (secondary N) is 1. The molecule has 1 N–H and O–H groups in total. The van der Waals surface area contributed by atoms with Gasteiger partial charge in [0.25, 0.3) is 9.05 Å². The molecule has 0 atom stereocenters. The fraction of sp³-hybridized carbons (Fsp3) is 0.667. The Kier molecular flexibility index (Phi) is 8.45. The van der Waals surface area contributed by atoms with E-state index in [1.165, 1.54) is 12.1 Å². The number of hydrogen-bond donors (Lipinski definition) is 1. The van der Waals surface area contributed by atoms with Gasteiger partial charge in [-0.2, -0.15) is 0 Å². The molecule has 2 rings (SSSR count). The molecule has 1 aliphatic carbocycles. The Labute approximate surface area is 173 Å². The number of nitrogens with zero attached hydrogens (tertiary/aromatic N) is 1. The van der Waals surface area contributed by atoms with E-state index in [-0.39, 0.29) is 55.7 Å². The summed E-state index contributed by atoms with van der Waals surface area (Å²) in [5, 5.41) is 2.61. The molecule has 1 aliphatic rings. The van der Waals surface area contributed by atoms with Gasteiger partial charge in [-0.25, -0.2) is 27.0 Å². The smallest absolute Gasteiger partial charge is 0.407 e. The van der Waals surface area contributed by atoms with Gasteiger partial charge in [-0.05, 0) is 51.2 Å². The minimum Gasteiger partial charge on any atom is -0.477 e. The molecule has 7 nitrogen and oxygen atoms in total. The maximum atomic E-state index is 13.1. The summed E-state index contributed by atoms with van der Waals surface area (Å²) in [5.74, 6) is -2.67. The molecule has 164 valence electrons. The largest absolute Gasteiger partial charge is 0.477 e. The van der Waals surface area contributed by atoms with E-state index in [0.717, 1.165) is 0 Å². The van der Waals surface area contributed by atoms with E-state index in [4.69, 9.17) is 20.2 Å². The lowest BCUT2D eigenvalue weighted by Gasteiger charge is -2.28. The van der Waals surface area contributed by atoms with E-state index in [2.05, 4.69) is 10.3 Å². The SMILES string of the molecule is Cc1ccc(S(=O)(=O)Cl)c(OCCCCCOC(=O)NC2CCC(F)(F)CC2)n1. The van der Waals surface area contributed by atoms with Crippen molar-refractivity contribution in [2.24, 2.45) is 0 Å². The van der Waals surface area contributed by atoms with E-state index in [9.17, 15) is 22.0 Å². The highest BCUT2D eigenvalue weighted by Gasteiger charge is 2.35. The average Bonchev–Trinajstić information content (AvgIpc) is 2.61. The van der Waals surface area contributed by atoms with Crippen molar-refractivity contribution in [2.75, 3.05) is 13.2 Å². The number of halogens is 3. The molecule has 1 saturated carbocycles. The van der Waals surface area contributed by atoms with E-state index in [0.29, 0.717) is 25.0 Å². The Balaban J connectivity index is 1.60. The second kappa shape index (κ2) is 10.4. The number of pyridine rings is 1. The predicted molar refractivity (Wildman–Crippen MR) is 103 cm³/mol. The minimum atomic E-state index is -3.95. The zero-order chi connectivity index (χ0) is 21.5. The van der Waals surface area contributed by atoms with Crippen molar-refractivity contribution >= 4 is 25.8 Å². The summed E-state index contributed by atoms with van der Waals surface area (Å²) in [4.78, 5) is 15.6. The van der Waals surface area contributed by atoms with Crippen molar-refractivity contribution in [3.63, 3.8) is 0 Å². The van der Waals surface area contributed by atoms with Crippen LogP contribution in [-0.4, -0.2) is 44.7 Å². The van der Waals surface area contributed by atoms with Crippen LogP contribution >= 0.6 is 10.7 Å². The van der Waals surface area contributed by atoms with Crippen LogP contribution in [0.4, 0.5) is 13.6 Å². The Morgan fingerprint density at radius 2 is 1.90 bits per heavy atom. The fourth-order valence-corrected chi connectivity index (χ4v) is 3.81. The first-order valence-electron chi connectivity index (χ1n) is 9.43. The molecule has 0 aliphatic heterocycles.